The van der Waals surface area contributed by atoms with Crippen LogP contribution in [0.15, 0.2) is 25.1 Å². The largest absolute Gasteiger partial charge is 0.480 e. The molecule has 4 heterocycles. The maximum atomic E-state index is 11.8. The third-order valence-electron chi connectivity index (χ3n) is 6.23. The first-order valence-electron chi connectivity index (χ1n) is 12.0. The number of allylic oxidation sites excluding steroid dienone is 1. The lowest BCUT2D eigenvalue weighted by Gasteiger charge is -2.16. The van der Waals surface area contributed by atoms with Crippen LogP contribution in [0.3, 0.4) is 0 Å². The van der Waals surface area contributed by atoms with Gasteiger partial charge < -0.3 is 35.8 Å². The van der Waals surface area contributed by atoms with Gasteiger partial charge in [0, 0.05) is 25.9 Å². The number of rotatable bonds is 12. The molecular weight excluding hydrogens is 502 g/mol. The number of aliphatic hydroxyl groups is 3. The second kappa shape index (κ2) is 11.6. The molecule has 1 aliphatic heterocycles. The van der Waals surface area contributed by atoms with Gasteiger partial charge in [-0.15, -0.1) is 0 Å². The summed E-state index contributed by atoms with van der Waals surface area (Å²) >= 11 is 0. The van der Waals surface area contributed by atoms with Crippen LogP contribution in [0.5, 0.6) is 0 Å². The van der Waals surface area contributed by atoms with Gasteiger partial charge in [0.25, 0.3) is 0 Å². The molecule has 0 saturated carbocycles. The topological polar surface area (TPSA) is 213 Å². The number of hydrogen-bond acceptors (Lipinski definition) is 11. The van der Waals surface area contributed by atoms with Crippen molar-refractivity contribution < 1.29 is 39.5 Å². The summed E-state index contributed by atoms with van der Waals surface area (Å²) in [6.45, 7) is 1.28. The number of carboxylic acids is 1. The lowest BCUT2D eigenvalue weighted by atomic mass is 10.1. The van der Waals surface area contributed by atoms with Crippen LogP contribution in [0.25, 0.3) is 22.4 Å². The minimum absolute atomic E-state index is 0.270. The summed E-state index contributed by atoms with van der Waals surface area (Å²) in [5, 5.41) is 44.3. The Labute approximate surface area is 215 Å². The van der Waals surface area contributed by atoms with Gasteiger partial charge in [-0.25, -0.2) is 19.7 Å². The molecular formula is C23H29N7O8. The van der Waals surface area contributed by atoms with Crippen LogP contribution in [0.4, 0.5) is 0 Å². The third-order valence-corrected chi connectivity index (χ3v) is 6.23. The fourth-order valence-corrected chi connectivity index (χ4v) is 4.28. The number of fused-ring (bicyclic) bond motifs is 3. The lowest BCUT2D eigenvalue weighted by molar-refractivity contribution is -0.141. The van der Waals surface area contributed by atoms with Gasteiger partial charge in [-0.3, -0.25) is 18.6 Å². The van der Waals surface area contributed by atoms with E-state index in [0.717, 1.165) is 0 Å². The summed E-state index contributed by atoms with van der Waals surface area (Å²) < 4.78 is 8.61. The van der Waals surface area contributed by atoms with Gasteiger partial charge in [-0.2, -0.15) is 0 Å². The number of carbonyl (C=O) groups excluding carboxylic acids is 2. The van der Waals surface area contributed by atoms with E-state index in [-0.39, 0.29) is 12.0 Å². The highest BCUT2D eigenvalue weighted by molar-refractivity contribution is 6.06. The third kappa shape index (κ3) is 5.50. The highest BCUT2D eigenvalue weighted by Crippen LogP contribution is 2.32. The molecule has 38 heavy (non-hydrogen) atoms. The van der Waals surface area contributed by atoms with Gasteiger partial charge in [0.15, 0.2) is 29.3 Å². The quantitative estimate of drug-likeness (QED) is 0.0902. The van der Waals surface area contributed by atoms with E-state index in [1.807, 2.05) is 0 Å². The maximum absolute atomic E-state index is 11.8. The Balaban J connectivity index is 1.44. The molecule has 3 aromatic heterocycles. The Kier molecular flexibility index (Phi) is 8.31. The number of nitrogens with one attached hydrogen (secondary N) is 2. The number of carbonyl (C=O) groups is 3. The van der Waals surface area contributed by atoms with Crippen molar-refractivity contribution in [3.05, 3.63) is 30.7 Å². The number of aldehydes is 1. The fourth-order valence-electron chi connectivity index (χ4n) is 4.28. The van der Waals surface area contributed by atoms with Crippen LogP contribution >= 0.6 is 0 Å². The molecule has 1 saturated heterocycles. The van der Waals surface area contributed by atoms with Crippen LogP contribution in [0, 0.1) is 0 Å². The number of amides is 1. The van der Waals surface area contributed by atoms with Crippen LogP contribution in [-0.2, 0) is 19.1 Å². The van der Waals surface area contributed by atoms with E-state index in [1.165, 1.54) is 30.3 Å². The summed E-state index contributed by atoms with van der Waals surface area (Å²) in [6.07, 6.45) is 3.56. The molecule has 3 aromatic rings. The van der Waals surface area contributed by atoms with Crippen molar-refractivity contribution in [2.75, 3.05) is 13.2 Å². The monoisotopic (exact) mass is 531 g/mol. The molecule has 0 spiro atoms. The molecule has 6 N–H and O–H groups in total. The Hall–Kier alpha value is -3.92. The Morgan fingerprint density at radius 2 is 1.97 bits per heavy atom. The van der Waals surface area contributed by atoms with Crippen molar-refractivity contribution in [1.29, 1.82) is 0 Å². The van der Waals surface area contributed by atoms with Crippen molar-refractivity contribution in [2.45, 2.75) is 56.8 Å². The van der Waals surface area contributed by atoms with E-state index in [9.17, 15) is 29.7 Å². The number of ether oxygens (including phenoxy) is 1. The highest BCUT2D eigenvalue weighted by atomic mass is 16.6. The molecule has 0 aromatic carbocycles. The van der Waals surface area contributed by atoms with Crippen LogP contribution in [0.2, 0.25) is 0 Å². The van der Waals surface area contributed by atoms with Crippen molar-refractivity contribution in [2.24, 2.45) is 0 Å². The molecule has 0 aliphatic carbocycles. The van der Waals surface area contributed by atoms with Gasteiger partial charge >= 0.3 is 5.97 Å². The summed E-state index contributed by atoms with van der Waals surface area (Å²) in [7, 11) is 0. The molecule has 5 atom stereocenters. The Bertz CT molecular complexity index is 1350. The van der Waals surface area contributed by atoms with Crippen molar-refractivity contribution in [3.63, 3.8) is 0 Å². The molecule has 1 amide bonds. The van der Waals surface area contributed by atoms with Crippen molar-refractivity contribution >= 4 is 40.5 Å². The summed E-state index contributed by atoms with van der Waals surface area (Å²) in [6, 6.07) is -0.940. The molecule has 0 radical (unpaired) electrons. The van der Waals surface area contributed by atoms with Gasteiger partial charge in [-0.05, 0) is 19.3 Å². The first-order valence-corrected chi connectivity index (χ1v) is 12.0. The zero-order chi connectivity index (χ0) is 27.4. The van der Waals surface area contributed by atoms with E-state index < -0.39 is 49.1 Å². The highest BCUT2D eigenvalue weighted by Gasteiger charge is 2.44. The number of unbranched alkanes of at least 4 members (excludes halogenated alkanes) is 1. The molecule has 1 aliphatic rings. The molecule has 0 unspecified atom stereocenters. The number of hydrogen-bond donors (Lipinski definition) is 6. The second-order valence-corrected chi connectivity index (χ2v) is 8.91. The van der Waals surface area contributed by atoms with Gasteiger partial charge in [0.2, 0.25) is 5.91 Å². The lowest BCUT2D eigenvalue weighted by Crippen LogP contribution is -2.39. The molecule has 1 fully saturated rings. The number of nitrogens with zero attached hydrogens (tertiary/aromatic N) is 5. The molecule has 15 nitrogen and oxygen atoms in total. The summed E-state index contributed by atoms with van der Waals surface area (Å²) in [5.74, 6) is -1.49. The van der Waals surface area contributed by atoms with Gasteiger partial charge in [-0.1, -0.05) is 0 Å². The standard InChI is InChI=1S/C23H29N7O8/c1-12(33)27-14(23(36)37)4-2-3-5-24-6-13(8-31)15-7-29-10-26-20-17(21(29)28-15)25-11-30(20)22-19(35)18(34)16(9-32)38-22/h6-8,10-11,14,16,18-19,22,24,32,34-35H,2-5,9H2,1H3,(H,27,33)(H,36,37)/b13-6+/t14-,16+,18+,19+,22+/m0/s1. The average Bonchev–Trinajstić information content (AvgIpc) is 3.58. The SMILES string of the molecule is CC(=O)N[C@@H](CCCCN/C=C(\C=O)c1cn2cnc3c(ncn3[C@@H]3O[C@H](CO)[C@@H](O)[C@H]3O)c2n1)C(=O)O. The Morgan fingerprint density at radius 3 is 2.63 bits per heavy atom. The van der Waals surface area contributed by atoms with Crippen LogP contribution in [0.1, 0.15) is 38.1 Å². The molecule has 0 bridgehead atoms. The van der Waals surface area contributed by atoms with Crippen molar-refractivity contribution in [1.82, 2.24) is 34.6 Å². The van der Waals surface area contributed by atoms with E-state index in [2.05, 4.69) is 25.6 Å². The van der Waals surface area contributed by atoms with Crippen molar-refractivity contribution in [3.8, 4) is 0 Å². The molecule has 15 heteroatoms. The predicted molar refractivity (Wildman–Crippen MR) is 130 cm³/mol. The number of carboxylic acid groups (broad SMARTS) is 1. The van der Waals surface area contributed by atoms with E-state index >= 15 is 0 Å². The first-order chi connectivity index (χ1) is 18.2. The fraction of sp³-hybridized carbons (Fsp3) is 0.478. The number of imidazole rings is 2. The van der Waals surface area contributed by atoms with Gasteiger partial charge in [0.05, 0.1) is 24.2 Å². The normalized spacial score (nSPS) is 22.6. The number of aromatic nitrogens is 5. The number of aliphatic carboxylic acids is 1. The van der Waals surface area contributed by atoms with Crippen LogP contribution < -0.4 is 10.6 Å². The average molecular weight is 532 g/mol. The molecule has 4 rings (SSSR count). The van der Waals surface area contributed by atoms with E-state index in [4.69, 9.17) is 9.84 Å². The summed E-state index contributed by atoms with van der Waals surface area (Å²) in [4.78, 5) is 47.2. The first kappa shape index (κ1) is 27.1. The molecule has 204 valence electrons. The zero-order valence-corrected chi connectivity index (χ0v) is 20.5. The smallest absolute Gasteiger partial charge is 0.326 e. The number of aliphatic hydroxyl groups excluding tert-OH is 3. The minimum atomic E-state index is -1.30. The Morgan fingerprint density at radius 1 is 1.18 bits per heavy atom. The van der Waals surface area contributed by atoms with Crippen LogP contribution in [-0.4, -0.2) is 100 Å². The maximum Gasteiger partial charge on any atom is 0.326 e. The van der Waals surface area contributed by atoms with E-state index in [1.54, 1.807) is 10.6 Å². The minimum Gasteiger partial charge on any atom is -0.480 e. The second-order valence-electron chi connectivity index (χ2n) is 8.91. The van der Waals surface area contributed by atoms with E-state index in [0.29, 0.717) is 48.2 Å². The van der Waals surface area contributed by atoms with Gasteiger partial charge in [0.1, 0.15) is 30.7 Å². The zero-order valence-electron chi connectivity index (χ0n) is 20.5. The predicted octanol–water partition coefficient (Wildman–Crippen LogP) is -1.42. The summed E-state index contributed by atoms with van der Waals surface area (Å²) in [5.41, 5.74) is 1.74.